The summed E-state index contributed by atoms with van der Waals surface area (Å²) in [6.07, 6.45) is 4.58. The van der Waals surface area contributed by atoms with Gasteiger partial charge in [0, 0.05) is 47.7 Å². The fraction of sp³-hybridized carbons (Fsp3) is 0.375. The van der Waals surface area contributed by atoms with Gasteiger partial charge in [-0.25, -0.2) is 0 Å². The minimum absolute atomic E-state index is 0.0749. The van der Waals surface area contributed by atoms with Crippen molar-refractivity contribution < 1.29 is 14.6 Å². The number of benzene rings is 2. The van der Waals surface area contributed by atoms with E-state index in [1.165, 1.54) is 10.9 Å². The Balaban J connectivity index is 1.23. The van der Waals surface area contributed by atoms with E-state index in [1.54, 1.807) is 19.2 Å². The highest BCUT2D eigenvalue weighted by atomic mass is 16.5. The molecule has 0 bridgehead atoms. The Labute approximate surface area is 176 Å². The number of carbonyl (C=O) groups is 1. The monoisotopic (exact) mass is 407 g/mol. The Morgan fingerprint density at radius 2 is 2.00 bits per heavy atom. The van der Waals surface area contributed by atoms with E-state index in [2.05, 4.69) is 27.3 Å². The van der Waals surface area contributed by atoms with Crippen LogP contribution in [0.2, 0.25) is 0 Å². The summed E-state index contributed by atoms with van der Waals surface area (Å²) in [6.45, 7) is 3.18. The van der Waals surface area contributed by atoms with Crippen LogP contribution >= 0.6 is 0 Å². The molecule has 4 rings (SSSR count). The standard InChI is InChI=1S/C24H29N3O3/c1-30-23-14-20(28)7-6-19(23)16-27-12-9-17(10-13-27)24(29)25-11-8-18-15-26-22-5-3-2-4-21(18)22/h2-7,14-15,17,26,28H,8-13,16H2,1H3,(H,25,29). The molecule has 0 atom stereocenters. The van der Waals surface area contributed by atoms with E-state index in [0.717, 1.165) is 50.0 Å². The number of fused-ring (bicyclic) bond motifs is 1. The van der Waals surface area contributed by atoms with Crippen LogP contribution in [0.3, 0.4) is 0 Å². The number of aromatic hydroxyl groups is 1. The maximum Gasteiger partial charge on any atom is 0.223 e. The van der Waals surface area contributed by atoms with Gasteiger partial charge in [-0.1, -0.05) is 24.3 Å². The summed E-state index contributed by atoms with van der Waals surface area (Å²) >= 11 is 0. The molecular formula is C24H29N3O3. The molecular weight excluding hydrogens is 378 g/mol. The number of para-hydroxylation sites is 1. The number of piperidine rings is 1. The van der Waals surface area contributed by atoms with Gasteiger partial charge in [0.05, 0.1) is 7.11 Å². The number of amides is 1. The molecule has 0 unspecified atom stereocenters. The predicted octanol–water partition coefficient (Wildman–Crippen LogP) is 3.45. The third-order valence-electron chi connectivity index (χ3n) is 5.99. The zero-order valence-corrected chi connectivity index (χ0v) is 17.4. The number of H-pyrrole nitrogens is 1. The third kappa shape index (κ3) is 4.60. The Morgan fingerprint density at radius 1 is 1.20 bits per heavy atom. The fourth-order valence-corrected chi connectivity index (χ4v) is 4.26. The van der Waals surface area contributed by atoms with E-state index < -0.39 is 0 Å². The summed E-state index contributed by atoms with van der Waals surface area (Å²) in [5, 5.41) is 14.0. The van der Waals surface area contributed by atoms with Gasteiger partial charge in [0.2, 0.25) is 5.91 Å². The lowest BCUT2D eigenvalue weighted by molar-refractivity contribution is -0.126. The Kier molecular flexibility index (Phi) is 6.23. The molecule has 3 aromatic rings. The lowest BCUT2D eigenvalue weighted by atomic mass is 9.95. The molecule has 2 aromatic carbocycles. The maximum absolute atomic E-state index is 12.6. The number of aromatic amines is 1. The number of nitrogens with zero attached hydrogens (tertiary/aromatic N) is 1. The lowest BCUT2D eigenvalue weighted by Crippen LogP contribution is -2.40. The first kappa shape index (κ1) is 20.3. The molecule has 1 aromatic heterocycles. The van der Waals surface area contributed by atoms with Crippen molar-refractivity contribution in [1.82, 2.24) is 15.2 Å². The van der Waals surface area contributed by atoms with Crippen molar-refractivity contribution in [2.75, 3.05) is 26.7 Å². The van der Waals surface area contributed by atoms with Crippen molar-refractivity contribution in [3.8, 4) is 11.5 Å². The summed E-state index contributed by atoms with van der Waals surface area (Å²) in [4.78, 5) is 18.2. The summed E-state index contributed by atoms with van der Waals surface area (Å²) in [6, 6.07) is 13.5. The Morgan fingerprint density at radius 3 is 2.80 bits per heavy atom. The number of phenols is 1. The highest BCUT2D eigenvalue weighted by Gasteiger charge is 2.25. The van der Waals surface area contributed by atoms with Gasteiger partial charge < -0.3 is 20.1 Å². The molecule has 0 spiro atoms. The lowest BCUT2D eigenvalue weighted by Gasteiger charge is -2.31. The van der Waals surface area contributed by atoms with Crippen LogP contribution in [-0.2, 0) is 17.8 Å². The number of nitrogens with one attached hydrogen (secondary N) is 2. The smallest absolute Gasteiger partial charge is 0.223 e. The number of rotatable bonds is 7. The highest BCUT2D eigenvalue weighted by molar-refractivity contribution is 5.83. The zero-order valence-electron chi connectivity index (χ0n) is 17.4. The zero-order chi connectivity index (χ0) is 20.9. The van der Waals surface area contributed by atoms with Crippen LogP contribution in [0.25, 0.3) is 10.9 Å². The quantitative estimate of drug-likeness (QED) is 0.561. The number of phenolic OH excluding ortho intramolecular Hbond substituents is 1. The van der Waals surface area contributed by atoms with Gasteiger partial charge in [0.1, 0.15) is 11.5 Å². The van der Waals surface area contributed by atoms with Crippen LogP contribution in [0.5, 0.6) is 11.5 Å². The molecule has 0 saturated carbocycles. The van der Waals surface area contributed by atoms with Crippen LogP contribution in [-0.4, -0.2) is 47.6 Å². The molecule has 6 heteroatoms. The molecule has 3 N–H and O–H groups in total. The number of carbonyl (C=O) groups excluding carboxylic acids is 1. The second-order valence-corrected chi connectivity index (χ2v) is 7.95. The van der Waals surface area contributed by atoms with Crippen molar-refractivity contribution in [3.05, 3.63) is 59.8 Å². The first-order valence-electron chi connectivity index (χ1n) is 10.5. The van der Waals surface area contributed by atoms with E-state index in [9.17, 15) is 9.90 Å². The highest BCUT2D eigenvalue weighted by Crippen LogP contribution is 2.27. The average molecular weight is 408 g/mol. The van der Waals surface area contributed by atoms with Crippen molar-refractivity contribution in [2.45, 2.75) is 25.8 Å². The van der Waals surface area contributed by atoms with Gasteiger partial charge in [-0.05, 0) is 50.0 Å². The third-order valence-corrected chi connectivity index (χ3v) is 5.99. The second-order valence-electron chi connectivity index (χ2n) is 7.95. The van der Waals surface area contributed by atoms with Crippen molar-refractivity contribution in [2.24, 2.45) is 5.92 Å². The van der Waals surface area contributed by atoms with Crippen LogP contribution in [0.4, 0.5) is 0 Å². The van der Waals surface area contributed by atoms with Crippen molar-refractivity contribution >= 4 is 16.8 Å². The van der Waals surface area contributed by atoms with E-state index in [1.807, 2.05) is 24.4 Å². The summed E-state index contributed by atoms with van der Waals surface area (Å²) in [7, 11) is 1.62. The molecule has 1 saturated heterocycles. The topological polar surface area (TPSA) is 77.6 Å². The average Bonchev–Trinajstić information content (AvgIpc) is 3.18. The molecule has 0 aliphatic carbocycles. The summed E-state index contributed by atoms with van der Waals surface area (Å²) in [5.41, 5.74) is 3.43. The van der Waals surface area contributed by atoms with Gasteiger partial charge in [0.25, 0.3) is 0 Å². The van der Waals surface area contributed by atoms with Crippen LogP contribution in [0.1, 0.15) is 24.0 Å². The van der Waals surface area contributed by atoms with E-state index in [-0.39, 0.29) is 17.6 Å². The maximum atomic E-state index is 12.6. The molecule has 1 aliphatic rings. The van der Waals surface area contributed by atoms with E-state index in [4.69, 9.17) is 4.74 Å². The number of ether oxygens (including phenoxy) is 1. The predicted molar refractivity (Wildman–Crippen MR) is 118 cm³/mol. The van der Waals surface area contributed by atoms with Crippen LogP contribution in [0.15, 0.2) is 48.7 Å². The van der Waals surface area contributed by atoms with E-state index >= 15 is 0 Å². The largest absolute Gasteiger partial charge is 0.508 e. The number of hydrogen-bond donors (Lipinski definition) is 3. The minimum atomic E-state index is 0.0749. The number of methoxy groups -OCH3 is 1. The van der Waals surface area contributed by atoms with Crippen LogP contribution < -0.4 is 10.1 Å². The first-order chi connectivity index (χ1) is 14.6. The molecule has 1 amide bonds. The Hall–Kier alpha value is -2.99. The second kappa shape index (κ2) is 9.22. The van der Waals surface area contributed by atoms with Crippen molar-refractivity contribution in [1.29, 1.82) is 0 Å². The summed E-state index contributed by atoms with van der Waals surface area (Å²) in [5.74, 6) is 1.15. The van der Waals surface area contributed by atoms with Crippen LogP contribution in [0, 0.1) is 5.92 Å². The van der Waals surface area contributed by atoms with Gasteiger partial charge in [-0.2, -0.15) is 0 Å². The SMILES string of the molecule is COc1cc(O)ccc1CN1CCC(C(=O)NCCc2c[nH]c3ccccc23)CC1. The molecule has 1 fully saturated rings. The Bertz CT molecular complexity index is 1010. The van der Waals surface area contributed by atoms with E-state index in [0.29, 0.717) is 12.3 Å². The normalized spacial score (nSPS) is 15.4. The van der Waals surface area contributed by atoms with Gasteiger partial charge in [-0.15, -0.1) is 0 Å². The van der Waals surface area contributed by atoms with Gasteiger partial charge >= 0.3 is 0 Å². The molecule has 1 aliphatic heterocycles. The molecule has 0 radical (unpaired) electrons. The number of aromatic nitrogens is 1. The molecule has 6 nitrogen and oxygen atoms in total. The molecule has 30 heavy (non-hydrogen) atoms. The van der Waals surface area contributed by atoms with Gasteiger partial charge in [0.15, 0.2) is 0 Å². The van der Waals surface area contributed by atoms with Gasteiger partial charge in [-0.3, -0.25) is 9.69 Å². The minimum Gasteiger partial charge on any atom is -0.508 e. The molecule has 2 heterocycles. The molecule has 158 valence electrons. The summed E-state index contributed by atoms with van der Waals surface area (Å²) < 4.78 is 5.38. The number of likely N-dealkylation sites (tertiary alicyclic amines) is 1. The number of hydrogen-bond acceptors (Lipinski definition) is 4. The van der Waals surface area contributed by atoms with Crippen molar-refractivity contribution in [3.63, 3.8) is 0 Å². The first-order valence-corrected chi connectivity index (χ1v) is 10.5. The fourth-order valence-electron chi connectivity index (χ4n) is 4.26.